The van der Waals surface area contributed by atoms with Crippen molar-refractivity contribution < 1.29 is 9.18 Å². The first-order valence-electron chi connectivity index (χ1n) is 5.84. The van der Waals surface area contributed by atoms with Gasteiger partial charge in [0.2, 0.25) is 0 Å². The minimum Gasteiger partial charge on any atom is -0.399 e. The van der Waals surface area contributed by atoms with Crippen LogP contribution in [0.3, 0.4) is 0 Å². The molecule has 0 spiro atoms. The molecule has 0 heterocycles. The SMILES string of the molecule is CNC(=O)c1ccc(N)cc1Nc1cc(F)cc(Cl)c1. The molecule has 0 radical (unpaired) electrons. The van der Waals surface area contributed by atoms with Gasteiger partial charge in [0, 0.05) is 23.4 Å². The highest BCUT2D eigenvalue weighted by atomic mass is 35.5. The number of anilines is 3. The zero-order valence-corrected chi connectivity index (χ0v) is 11.5. The number of halogens is 2. The van der Waals surface area contributed by atoms with Gasteiger partial charge in [-0.25, -0.2) is 4.39 Å². The molecule has 2 aromatic rings. The zero-order chi connectivity index (χ0) is 14.7. The Balaban J connectivity index is 2.41. The summed E-state index contributed by atoms with van der Waals surface area (Å²) in [6, 6.07) is 8.85. The molecule has 2 rings (SSSR count). The summed E-state index contributed by atoms with van der Waals surface area (Å²) < 4.78 is 13.3. The molecule has 20 heavy (non-hydrogen) atoms. The van der Waals surface area contributed by atoms with Gasteiger partial charge < -0.3 is 16.4 Å². The Morgan fingerprint density at radius 3 is 2.65 bits per heavy atom. The van der Waals surface area contributed by atoms with E-state index in [1.165, 1.54) is 19.2 Å². The van der Waals surface area contributed by atoms with Crippen LogP contribution in [-0.4, -0.2) is 13.0 Å². The van der Waals surface area contributed by atoms with E-state index in [1.54, 1.807) is 24.3 Å². The third-order valence-electron chi connectivity index (χ3n) is 2.66. The molecule has 0 aromatic heterocycles. The lowest BCUT2D eigenvalue weighted by Crippen LogP contribution is -2.19. The Morgan fingerprint density at radius 1 is 1.25 bits per heavy atom. The van der Waals surface area contributed by atoms with Gasteiger partial charge in [-0.15, -0.1) is 0 Å². The van der Waals surface area contributed by atoms with Gasteiger partial charge in [-0.1, -0.05) is 11.6 Å². The lowest BCUT2D eigenvalue weighted by molar-refractivity contribution is 0.0964. The largest absolute Gasteiger partial charge is 0.399 e. The molecule has 0 atom stereocenters. The van der Waals surface area contributed by atoms with Gasteiger partial charge in [0.05, 0.1) is 11.3 Å². The molecule has 6 heteroatoms. The van der Waals surface area contributed by atoms with E-state index in [1.807, 2.05) is 0 Å². The number of rotatable bonds is 3. The first-order valence-corrected chi connectivity index (χ1v) is 6.22. The molecular weight excluding hydrogens is 281 g/mol. The van der Waals surface area contributed by atoms with E-state index in [0.717, 1.165) is 0 Å². The lowest BCUT2D eigenvalue weighted by atomic mass is 10.1. The number of amides is 1. The smallest absolute Gasteiger partial charge is 0.253 e. The number of benzene rings is 2. The van der Waals surface area contributed by atoms with Crippen LogP contribution in [0.2, 0.25) is 5.02 Å². The summed E-state index contributed by atoms with van der Waals surface area (Å²) >= 11 is 5.79. The average Bonchev–Trinajstić information content (AvgIpc) is 2.37. The molecule has 0 fully saturated rings. The minimum absolute atomic E-state index is 0.262. The Hall–Kier alpha value is -2.27. The molecule has 1 amide bonds. The predicted octanol–water partition coefficient (Wildman–Crippen LogP) is 3.16. The third-order valence-corrected chi connectivity index (χ3v) is 2.88. The van der Waals surface area contributed by atoms with Crippen LogP contribution in [0.4, 0.5) is 21.5 Å². The first kappa shape index (κ1) is 14.1. The monoisotopic (exact) mass is 293 g/mol. The van der Waals surface area contributed by atoms with Gasteiger partial charge in [0.1, 0.15) is 5.82 Å². The summed E-state index contributed by atoms with van der Waals surface area (Å²) in [7, 11) is 1.53. The molecule has 104 valence electrons. The van der Waals surface area contributed by atoms with Crippen molar-refractivity contribution in [3.05, 3.63) is 52.8 Å². The second-order valence-corrected chi connectivity index (χ2v) is 4.60. The maximum Gasteiger partial charge on any atom is 0.253 e. The highest BCUT2D eigenvalue weighted by molar-refractivity contribution is 6.30. The van der Waals surface area contributed by atoms with Crippen LogP contribution in [0.5, 0.6) is 0 Å². The molecule has 0 saturated heterocycles. The first-order chi connectivity index (χ1) is 9.49. The van der Waals surface area contributed by atoms with Gasteiger partial charge in [-0.3, -0.25) is 4.79 Å². The van der Waals surface area contributed by atoms with E-state index < -0.39 is 5.82 Å². The molecule has 0 aliphatic carbocycles. The van der Waals surface area contributed by atoms with Crippen LogP contribution < -0.4 is 16.4 Å². The maximum absolute atomic E-state index is 13.3. The number of nitrogens with one attached hydrogen (secondary N) is 2. The van der Waals surface area contributed by atoms with Gasteiger partial charge >= 0.3 is 0 Å². The van der Waals surface area contributed by atoms with Crippen molar-refractivity contribution in [3.63, 3.8) is 0 Å². The highest BCUT2D eigenvalue weighted by Crippen LogP contribution is 2.26. The summed E-state index contributed by atoms with van der Waals surface area (Å²) in [6.45, 7) is 0. The minimum atomic E-state index is -0.467. The molecule has 0 bridgehead atoms. The molecular formula is C14H13ClFN3O. The molecule has 4 nitrogen and oxygen atoms in total. The predicted molar refractivity (Wildman–Crippen MR) is 78.9 cm³/mol. The fourth-order valence-corrected chi connectivity index (χ4v) is 2.00. The summed E-state index contributed by atoms with van der Waals surface area (Å²) in [5, 5.41) is 5.74. The van der Waals surface area contributed by atoms with E-state index >= 15 is 0 Å². The quantitative estimate of drug-likeness (QED) is 0.762. The van der Waals surface area contributed by atoms with Crippen LogP contribution in [0, 0.1) is 5.82 Å². The summed E-state index contributed by atoms with van der Waals surface area (Å²) in [5.41, 5.74) is 7.52. The van der Waals surface area contributed by atoms with Crippen molar-refractivity contribution in [1.82, 2.24) is 5.32 Å². The van der Waals surface area contributed by atoms with Crippen molar-refractivity contribution in [1.29, 1.82) is 0 Å². The average molecular weight is 294 g/mol. The van der Waals surface area contributed by atoms with E-state index in [2.05, 4.69) is 10.6 Å². The Morgan fingerprint density at radius 2 is 2.00 bits per heavy atom. The molecule has 4 N–H and O–H groups in total. The third kappa shape index (κ3) is 3.19. The number of carbonyl (C=O) groups excluding carboxylic acids is 1. The number of hydrogen-bond acceptors (Lipinski definition) is 3. The highest BCUT2D eigenvalue weighted by Gasteiger charge is 2.11. The molecule has 0 unspecified atom stereocenters. The molecule has 0 saturated carbocycles. The number of nitrogen functional groups attached to an aromatic ring is 1. The van der Waals surface area contributed by atoms with E-state index in [4.69, 9.17) is 17.3 Å². The fourth-order valence-electron chi connectivity index (χ4n) is 1.78. The van der Waals surface area contributed by atoms with E-state index in [-0.39, 0.29) is 10.9 Å². The summed E-state index contributed by atoms with van der Waals surface area (Å²) in [6.07, 6.45) is 0. The van der Waals surface area contributed by atoms with Crippen LogP contribution >= 0.6 is 11.6 Å². The standard InChI is InChI=1S/C14H13ClFN3O/c1-18-14(20)12-3-2-10(17)7-13(12)19-11-5-8(15)4-9(16)6-11/h2-7,19H,17H2,1H3,(H,18,20). The van der Waals surface area contributed by atoms with Crippen LogP contribution in [-0.2, 0) is 0 Å². The summed E-state index contributed by atoms with van der Waals surface area (Å²) in [5.74, 6) is -0.736. The Kier molecular flexibility index (Phi) is 4.10. The molecule has 2 aromatic carbocycles. The van der Waals surface area contributed by atoms with Crippen LogP contribution in [0.1, 0.15) is 10.4 Å². The normalized spacial score (nSPS) is 10.2. The van der Waals surface area contributed by atoms with Gasteiger partial charge in [-0.05, 0) is 36.4 Å². The second-order valence-electron chi connectivity index (χ2n) is 4.17. The van der Waals surface area contributed by atoms with E-state index in [9.17, 15) is 9.18 Å². The van der Waals surface area contributed by atoms with E-state index in [0.29, 0.717) is 22.6 Å². The molecule has 0 aliphatic heterocycles. The zero-order valence-electron chi connectivity index (χ0n) is 10.7. The van der Waals surface area contributed by atoms with Gasteiger partial charge in [0.15, 0.2) is 0 Å². The number of carbonyl (C=O) groups is 1. The van der Waals surface area contributed by atoms with Crippen molar-refractivity contribution in [2.24, 2.45) is 0 Å². The Bertz CT molecular complexity index is 641. The topological polar surface area (TPSA) is 67.2 Å². The van der Waals surface area contributed by atoms with Crippen LogP contribution in [0.25, 0.3) is 0 Å². The van der Waals surface area contributed by atoms with Crippen molar-refractivity contribution in [2.75, 3.05) is 18.1 Å². The van der Waals surface area contributed by atoms with Crippen LogP contribution in [0.15, 0.2) is 36.4 Å². The van der Waals surface area contributed by atoms with Gasteiger partial charge in [-0.2, -0.15) is 0 Å². The van der Waals surface area contributed by atoms with Gasteiger partial charge in [0.25, 0.3) is 5.91 Å². The number of nitrogens with two attached hydrogens (primary N) is 1. The fraction of sp³-hybridized carbons (Fsp3) is 0.0714. The Labute approximate surface area is 120 Å². The molecule has 0 aliphatic rings. The second kappa shape index (κ2) is 5.79. The number of hydrogen-bond donors (Lipinski definition) is 3. The van der Waals surface area contributed by atoms with Crippen molar-refractivity contribution in [2.45, 2.75) is 0 Å². The van der Waals surface area contributed by atoms with Crippen molar-refractivity contribution >= 4 is 34.6 Å². The summed E-state index contributed by atoms with van der Waals surface area (Å²) in [4.78, 5) is 11.8. The van der Waals surface area contributed by atoms with Crippen molar-refractivity contribution in [3.8, 4) is 0 Å². The maximum atomic E-state index is 13.3. The lowest BCUT2D eigenvalue weighted by Gasteiger charge is -2.12.